The molecule has 4 aromatic rings. The summed E-state index contributed by atoms with van der Waals surface area (Å²) in [5, 5.41) is 0.850. The summed E-state index contributed by atoms with van der Waals surface area (Å²) >= 11 is 0. The van der Waals surface area contributed by atoms with E-state index in [2.05, 4.69) is 9.55 Å². The molecule has 0 atom stereocenters. The number of nitrogens with zero attached hydrogens (tertiary/aromatic N) is 2. The van der Waals surface area contributed by atoms with Crippen molar-refractivity contribution in [1.82, 2.24) is 9.55 Å². The smallest absolute Gasteiger partial charge is 0.264 e. The number of fused-ring (bicyclic) bond motifs is 1. The number of benzene rings is 2. The molecule has 33 heavy (non-hydrogen) atoms. The molecule has 8 heteroatoms. The highest BCUT2D eigenvalue weighted by molar-refractivity contribution is 7.85. The molecule has 4 rings (SSSR count). The van der Waals surface area contributed by atoms with Crippen molar-refractivity contribution in [3.8, 4) is 11.6 Å². The van der Waals surface area contributed by atoms with Gasteiger partial charge in [-0.3, -0.25) is 4.18 Å². The molecular formula is C25H26N2O5S. The number of methoxy groups -OCH3 is 1. The van der Waals surface area contributed by atoms with Crippen LogP contribution in [0.5, 0.6) is 11.6 Å². The molecule has 7 nitrogen and oxygen atoms in total. The van der Waals surface area contributed by atoms with Gasteiger partial charge in [0, 0.05) is 18.1 Å². The van der Waals surface area contributed by atoms with E-state index in [0.29, 0.717) is 24.6 Å². The molecule has 0 unspecified atom stereocenters. The minimum atomic E-state index is -3.64. The molecule has 0 radical (unpaired) electrons. The second kappa shape index (κ2) is 9.64. The van der Waals surface area contributed by atoms with E-state index in [9.17, 15) is 8.42 Å². The van der Waals surface area contributed by atoms with Crippen molar-refractivity contribution in [3.05, 3.63) is 89.2 Å². The largest absolute Gasteiger partial charge is 0.497 e. The maximum absolute atomic E-state index is 11.7. The quantitative estimate of drug-likeness (QED) is 0.339. The monoisotopic (exact) mass is 466 g/mol. The minimum Gasteiger partial charge on any atom is -0.497 e. The first-order chi connectivity index (χ1) is 15.8. The number of hydrogen-bond acceptors (Lipinski definition) is 6. The van der Waals surface area contributed by atoms with Crippen molar-refractivity contribution >= 4 is 21.0 Å². The lowest BCUT2D eigenvalue weighted by Gasteiger charge is -2.15. The Labute approximate surface area is 193 Å². The van der Waals surface area contributed by atoms with Gasteiger partial charge in [-0.15, -0.1) is 0 Å². The first kappa shape index (κ1) is 22.8. The zero-order valence-electron chi connectivity index (χ0n) is 18.8. The fraction of sp³-hybridized carbons (Fsp3) is 0.240. The van der Waals surface area contributed by atoms with Gasteiger partial charge in [0.25, 0.3) is 10.1 Å². The Hall–Kier alpha value is -3.36. The molecule has 0 saturated carbocycles. The van der Waals surface area contributed by atoms with E-state index in [1.165, 1.54) is 0 Å². The summed E-state index contributed by atoms with van der Waals surface area (Å²) in [5.41, 5.74) is 4.39. The normalized spacial score (nSPS) is 11.6. The van der Waals surface area contributed by atoms with Crippen molar-refractivity contribution in [1.29, 1.82) is 0 Å². The Morgan fingerprint density at radius 3 is 2.33 bits per heavy atom. The average Bonchev–Trinajstić information content (AvgIpc) is 3.22. The van der Waals surface area contributed by atoms with E-state index in [-0.39, 0.29) is 6.61 Å². The molecule has 2 aromatic carbocycles. The SMILES string of the molecule is COc1ccc(Cn2ccc3c(COS(C)(=O)=O)c(OCc4ccccc4)nc(C)c32)cc1. The van der Waals surface area contributed by atoms with E-state index >= 15 is 0 Å². The molecule has 0 bridgehead atoms. The molecule has 172 valence electrons. The lowest BCUT2D eigenvalue weighted by molar-refractivity contribution is 0.270. The molecule has 0 saturated heterocycles. The van der Waals surface area contributed by atoms with Crippen LogP contribution in [-0.4, -0.2) is 31.3 Å². The van der Waals surface area contributed by atoms with Crippen LogP contribution in [0.4, 0.5) is 0 Å². The second-order valence-electron chi connectivity index (χ2n) is 7.78. The topological polar surface area (TPSA) is 79.7 Å². The van der Waals surface area contributed by atoms with E-state index in [0.717, 1.165) is 39.7 Å². The second-order valence-corrected chi connectivity index (χ2v) is 9.42. The summed E-state index contributed by atoms with van der Waals surface area (Å²) in [6.07, 6.45) is 3.00. The fourth-order valence-corrected chi connectivity index (χ4v) is 4.05. The number of hydrogen-bond donors (Lipinski definition) is 0. The van der Waals surface area contributed by atoms with Gasteiger partial charge in [-0.05, 0) is 36.2 Å². The van der Waals surface area contributed by atoms with Gasteiger partial charge in [0.05, 0.1) is 36.7 Å². The molecular weight excluding hydrogens is 440 g/mol. The van der Waals surface area contributed by atoms with E-state index in [4.69, 9.17) is 13.7 Å². The molecule has 2 aromatic heterocycles. The van der Waals surface area contributed by atoms with Crippen molar-refractivity contribution in [3.63, 3.8) is 0 Å². The van der Waals surface area contributed by atoms with Crippen molar-refractivity contribution < 1.29 is 22.1 Å². The maximum atomic E-state index is 11.7. The highest BCUT2D eigenvalue weighted by atomic mass is 32.2. The number of pyridine rings is 1. The Morgan fingerprint density at radius 2 is 1.67 bits per heavy atom. The van der Waals surface area contributed by atoms with Gasteiger partial charge in [-0.2, -0.15) is 8.42 Å². The summed E-state index contributed by atoms with van der Waals surface area (Å²) in [5.74, 6) is 1.17. The molecule has 0 spiro atoms. The van der Waals surface area contributed by atoms with Crippen LogP contribution < -0.4 is 9.47 Å². The summed E-state index contributed by atoms with van der Waals surface area (Å²) < 4.78 is 41.9. The van der Waals surface area contributed by atoms with Crippen molar-refractivity contribution in [2.45, 2.75) is 26.7 Å². The number of ether oxygens (including phenoxy) is 2. The van der Waals surface area contributed by atoms with E-state index < -0.39 is 10.1 Å². The lowest BCUT2D eigenvalue weighted by atomic mass is 10.1. The standard InChI is InChI=1S/C25H26N2O5S/c1-18-24-22(13-14-27(24)15-19-9-11-21(30-2)12-10-19)23(17-32-33(3,28)29)25(26-18)31-16-20-7-5-4-6-8-20/h4-14H,15-17H2,1-3H3. The van der Waals surface area contributed by atoms with Gasteiger partial charge in [0.2, 0.25) is 5.88 Å². The highest BCUT2D eigenvalue weighted by Gasteiger charge is 2.19. The third kappa shape index (κ3) is 5.53. The van der Waals surface area contributed by atoms with Gasteiger partial charge < -0.3 is 14.0 Å². The molecule has 2 heterocycles. The highest BCUT2D eigenvalue weighted by Crippen LogP contribution is 2.31. The predicted octanol–water partition coefficient (Wildman–Crippen LogP) is 4.46. The van der Waals surface area contributed by atoms with E-state index in [1.54, 1.807) is 7.11 Å². The molecule has 0 aliphatic rings. The van der Waals surface area contributed by atoms with Crippen LogP contribution in [0.3, 0.4) is 0 Å². The van der Waals surface area contributed by atoms with Crippen LogP contribution in [-0.2, 0) is 34.1 Å². The van der Waals surface area contributed by atoms with Gasteiger partial charge in [0.1, 0.15) is 12.4 Å². The summed E-state index contributed by atoms with van der Waals surface area (Å²) in [7, 11) is -2.00. The lowest BCUT2D eigenvalue weighted by Crippen LogP contribution is -2.08. The Kier molecular flexibility index (Phi) is 6.67. The summed E-state index contributed by atoms with van der Waals surface area (Å²) in [6, 6.07) is 19.6. The van der Waals surface area contributed by atoms with Crippen LogP contribution in [0.2, 0.25) is 0 Å². The molecule has 0 fully saturated rings. The van der Waals surface area contributed by atoms with Crippen molar-refractivity contribution in [2.24, 2.45) is 0 Å². The Morgan fingerprint density at radius 1 is 0.939 bits per heavy atom. The number of rotatable bonds is 9. The van der Waals surface area contributed by atoms with Crippen LogP contribution in [0.1, 0.15) is 22.4 Å². The average molecular weight is 467 g/mol. The van der Waals surface area contributed by atoms with Gasteiger partial charge in [0.15, 0.2) is 0 Å². The van der Waals surface area contributed by atoms with Gasteiger partial charge in [-0.25, -0.2) is 4.98 Å². The molecule has 0 aliphatic heterocycles. The van der Waals surface area contributed by atoms with Crippen molar-refractivity contribution in [2.75, 3.05) is 13.4 Å². The summed E-state index contributed by atoms with van der Waals surface area (Å²) in [6.45, 7) is 2.71. The zero-order valence-corrected chi connectivity index (χ0v) is 19.6. The maximum Gasteiger partial charge on any atom is 0.264 e. The summed E-state index contributed by atoms with van der Waals surface area (Å²) in [4.78, 5) is 4.68. The molecule has 0 N–H and O–H groups in total. The Bertz CT molecular complexity index is 1350. The first-order valence-electron chi connectivity index (χ1n) is 10.5. The predicted molar refractivity (Wildman–Crippen MR) is 127 cm³/mol. The molecule has 0 amide bonds. The van der Waals surface area contributed by atoms with Gasteiger partial charge >= 0.3 is 0 Å². The zero-order chi connectivity index (χ0) is 23.4. The molecule has 0 aliphatic carbocycles. The van der Waals surface area contributed by atoms with Gasteiger partial charge in [-0.1, -0.05) is 42.5 Å². The van der Waals surface area contributed by atoms with E-state index in [1.807, 2.05) is 73.8 Å². The number of aromatic nitrogens is 2. The van der Waals surface area contributed by atoms with Crippen LogP contribution in [0.15, 0.2) is 66.9 Å². The fourth-order valence-electron chi connectivity index (χ4n) is 3.72. The Balaban J connectivity index is 1.71. The third-order valence-electron chi connectivity index (χ3n) is 5.31. The van der Waals surface area contributed by atoms with Crippen LogP contribution >= 0.6 is 0 Å². The third-order valence-corrected chi connectivity index (χ3v) is 5.85. The minimum absolute atomic E-state index is 0.153. The van der Waals surface area contributed by atoms with Crippen LogP contribution in [0, 0.1) is 6.92 Å². The van der Waals surface area contributed by atoms with Crippen LogP contribution in [0.25, 0.3) is 10.9 Å². The number of aryl methyl sites for hydroxylation is 1. The first-order valence-corrected chi connectivity index (χ1v) is 12.3.